The van der Waals surface area contributed by atoms with E-state index in [-0.39, 0.29) is 0 Å². The normalized spacial score (nSPS) is 16.9. The Kier molecular flexibility index (Phi) is 4.52. The topological polar surface area (TPSA) is 52.6 Å². The molecule has 1 aliphatic rings. The van der Waals surface area contributed by atoms with E-state index in [4.69, 9.17) is 9.47 Å². The van der Waals surface area contributed by atoms with E-state index in [0.717, 1.165) is 21.9 Å². The fraction of sp³-hybridized carbons (Fsp3) is 0.0769. The van der Waals surface area contributed by atoms with Crippen LogP contribution in [0.15, 0.2) is 97.1 Å². The number of rotatable bonds is 4. The Labute approximate surface area is 173 Å². The van der Waals surface area contributed by atoms with E-state index in [2.05, 4.69) is 0 Å². The smallest absolute Gasteiger partial charge is 0.338 e. The molecule has 4 aromatic rings. The predicted molar refractivity (Wildman–Crippen MR) is 113 cm³/mol. The highest BCUT2D eigenvalue weighted by molar-refractivity contribution is 5.95. The molecular formula is C26H18O4. The fourth-order valence-corrected chi connectivity index (χ4v) is 3.97. The van der Waals surface area contributed by atoms with Crippen molar-refractivity contribution in [3.05, 3.63) is 119 Å². The third-order valence-corrected chi connectivity index (χ3v) is 5.34. The summed E-state index contributed by atoms with van der Waals surface area (Å²) in [6, 6.07) is 29.3. The molecule has 0 aromatic heterocycles. The molecule has 1 aliphatic carbocycles. The molecule has 0 fully saturated rings. The number of esters is 2. The molecule has 4 aromatic carbocycles. The van der Waals surface area contributed by atoms with Gasteiger partial charge in [-0.25, -0.2) is 9.59 Å². The van der Waals surface area contributed by atoms with E-state index in [1.54, 1.807) is 48.5 Å². The van der Waals surface area contributed by atoms with Gasteiger partial charge in [0.25, 0.3) is 0 Å². The van der Waals surface area contributed by atoms with Gasteiger partial charge in [0, 0.05) is 11.1 Å². The Morgan fingerprint density at radius 1 is 0.533 bits per heavy atom. The van der Waals surface area contributed by atoms with Crippen LogP contribution in [0.2, 0.25) is 0 Å². The van der Waals surface area contributed by atoms with Gasteiger partial charge in [0.15, 0.2) is 12.2 Å². The molecule has 0 unspecified atom stereocenters. The average Bonchev–Trinajstić information content (AvgIpc) is 3.09. The van der Waals surface area contributed by atoms with Crippen molar-refractivity contribution in [2.24, 2.45) is 0 Å². The first-order chi connectivity index (χ1) is 14.7. The summed E-state index contributed by atoms with van der Waals surface area (Å²) < 4.78 is 11.8. The highest BCUT2D eigenvalue weighted by atomic mass is 16.6. The zero-order chi connectivity index (χ0) is 20.5. The summed E-state index contributed by atoms with van der Waals surface area (Å²) in [5.41, 5.74) is 2.60. The van der Waals surface area contributed by atoms with Crippen molar-refractivity contribution in [3.8, 4) is 0 Å². The van der Waals surface area contributed by atoms with Crippen molar-refractivity contribution in [3.63, 3.8) is 0 Å². The minimum atomic E-state index is -0.716. The number of hydrogen-bond donors (Lipinski definition) is 0. The number of hydrogen-bond acceptors (Lipinski definition) is 4. The van der Waals surface area contributed by atoms with Crippen molar-refractivity contribution in [1.29, 1.82) is 0 Å². The molecule has 0 bridgehead atoms. The standard InChI is InChI=1S/C26H18O4/c27-25(18-9-3-1-4-10-18)29-23-20-15-7-13-17-14-8-16-21(22(17)20)24(23)30-26(28)19-11-5-2-6-12-19/h1-16,23-24H/t23-,24-/m1/s1. The van der Waals surface area contributed by atoms with Crippen molar-refractivity contribution < 1.29 is 19.1 Å². The van der Waals surface area contributed by atoms with Crippen molar-refractivity contribution >= 4 is 22.7 Å². The molecule has 4 nitrogen and oxygen atoms in total. The molecule has 0 heterocycles. The summed E-state index contributed by atoms with van der Waals surface area (Å²) in [6.45, 7) is 0. The summed E-state index contributed by atoms with van der Waals surface area (Å²) in [4.78, 5) is 25.6. The summed E-state index contributed by atoms with van der Waals surface area (Å²) in [5.74, 6) is -0.905. The van der Waals surface area contributed by atoms with Crippen LogP contribution in [0.1, 0.15) is 44.1 Å². The maximum Gasteiger partial charge on any atom is 0.338 e. The summed E-state index contributed by atoms with van der Waals surface area (Å²) in [6.07, 6.45) is -1.43. The highest BCUT2D eigenvalue weighted by Crippen LogP contribution is 2.48. The van der Waals surface area contributed by atoms with E-state index >= 15 is 0 Å². The molecule has 0 saturated heterocycles. The number of ether oxygens (including phenoxy) is 2. The van der Waals surface area contributed by atoms with E-state index in [9.17, 15) is 9.59 Å². The van der Waals surface area contributed by atoms with Crippen LogP contribution in [0.5, 0.6) is 0 Å². The first-order valence-corrected chi connectivity index (χ1v) is 9.76. The van der Waals surface area contributed by atoms with Crippen LogP contribution >= 0.6 is 0 Å². The fourth-order valence-electron chi connectivity index (χ4n) is 3.97. The molecule has 30 heavy (non-hydrogen) atoms. The minimum absolute atomic E-state index is 0.453. The Morgan fingerprint density at radius 2 is 0.967 bits per heavy atom. The zero-order valence-corrected chi connectivity index (χ0v) is 16.0. The number of benzene rings is 4. The first-order valence-electron chi connectivity index (χ1n) is 9.76. The SMILES string of the molecule is O=C(O[C@@H]1c2cccc3cccc(c23)[C@H]1OC(=O)c1ccccc1)c1ccccc1. The van der Waals surface area contributed by atoms with Gasteiger partial charge in [-0.05, 0) is 35.0 Å². The largest absolute Gasteiger partial charge is 0.449 e. The molecule has 0 aliphatic heterocycles. The molecule has 4 heteroatoms. The van der Waals surface area contributed by atoms with Gasteiger partial charge in [-0.3, -0.25) is 0 Å². The molecule has 146 valence electrons. The zero-order valence-electron chi connectivity index (χ0n) is 16.0. The van der Waals surface area contributed by atoms with Gasteiger partial charge in [0.05, 0.1) is 11.1 Å². The predicted octanol–water partition coefficient (Wildman–Crippen LogP) is 5.65. The van der Waals surface area contributed by atoms with Crippen LogP contribution in [0.3, 0.4) is 0 Å². The first kappa shape index (κ1) is 18.1. The third-order valence-electron chi connectivity index (χ3n) is 5.34. The third kappa shape index (κ3) is 3.12. The minimum Gasteiger partial charge on any atom is -0.449 e. The Hall–Kier alpha value is -3.92. The van der Waals surface area contributed by atoms with Crippen LogP contribution in [0.4, 0.5) is 0 Å². The lowest BCUT2D eigenvalue weighted by molar-refractivity contribution is -0.0345. The summed E-state index contributed by atoms with van der Waals surface area (Å²) >= 11 is 0. The number of carbonyl (C=O) groups is 2. The van der Waals surface area contributed by atoms with Crippen LogP contribution in [0, 0.1) is 0 Å². The molecular weight excluding hydrogens is 376 g/mol. The van der Waals surface area contributed by atoms with E-state index < -0.39 is 24.1 Å². The molecule has 0 radical (unpaired) electrons. The second-order valence-corrected chi connectivity index (χ2v) is 7.18. The van der Waals surface area contributed by atoms with Gasteiger partial charge in [0.1, 0.15) is 0 Å². The van der Waals surface area contributed by atoms with Gasteiger partial charge in [-0.1, -0.05) is 72.8 Å². The highest BCUT2D eigenvalue weighted by Gasteiger charge is 2.40. The summed E-state index contributed by atoms with van der Waals surface area (Å²) in [5, 5.41) is 1.99. The Balaban J connectivity index is 1.53. The Morgan fingerprint density at radius 3 is 1.40 bits per heavy atom. The molecule has 0 amide bonds. The van der Waals surface area contributed by atoms with Crippen molar-refractivity contribution in [2.45, 2.75) is 12.2 Å². The van der Waals surface area contributed by atoms with Gasteiger partial charge < -0.3 is 9.47 Å². The van der Waals surface area contributed by atoms with Crippen molar-refractivity contribution in [2.75, 3.05) is 0 Å². The lowest BCUT2D eigenvalue weighted by Gasteiger charge is -2.22. The van der Waals surface area contributed by atoms with Crippen LogP contribution < -0.4 is 0 Å². The maximum atomic E-state index is 12.8. The van der Waals surface area contributed by atoms with Gasteiger partial charge >= 0.3 is 11.9 Å². The second-order valence-electron chi connectivity index (χ2n) is 7.18. The van der Waals surface area contributed by atoms with E-state index in [0.29, 0.717) is 11.1 Å². The molecule has 5 rings (SSSR count). The van der Waals surface area contributed by atoms with Gasteiger partial charge in [0.2, 0.25) is 0 Å². The van der Waals surface area contributed by atoms with Gasteiger partial charge in [-0.15, -0.1) is 0 Å². The molecule has 2 atom stereocenters. The lowest BCUT2D eigenvalue weighted by atomic mass is 10.1. The van der Waals surface area contributed by atoms with Crippen LogP contribution in [-0.4, -0.2) is 11.9 Å². The maximum absolute atomic E-state index is 12.8. The summed E-state index contributed by atoms with van der Waals surface area (Å²) in [7, 11) is 0. The van der Waals surface area contributed by atoms with E-state index in [1.165, 1.54) is 0 Å². The molecule has 0 saturated carbocycles. The Bertz CT molecular complexity index is 1140. The van der Waals surface area contributed by atoms with Crippen molar-refractivity contribution in [1.82, 2.24) is 0 Å². The molecule has 0 N–H and O–H groups in total. The van der Waals surface area contributed by atoms with Crippen LogP contribution in [-0.2, 0) is 9.47 Å². The van der Waals surface area contributed by atoms with Gasteiger partial charge in [-0.2, -0.15) is 0 Å². The lowest BCUT2D eigenvalue weighted by Crippen LogP contribution is -2.20. The average molecular weight is 394 g/mol. The molecule has 0 spiro atoms. The second kappa shape index (κ2) is 7.48. The number of carbonyl (C=O) groups excluding carboxylic acids is 2. The quantitative estimate of drug-likeness (QED) is 0.420. The van der Waals surface area contributed by atoms with Crippen LogP contribution in [0.25, 0.3) is 10.8 Å². The monoisotopic (exact) mass is 394 g/mol. The van der Waals surface area contributed by atoms with E-state index in [1.807, 2.05) is 48.5 Å².